The van der Waals surface area contributed by atoms with E-state index in [1.165, 1.54) is 17.5 Å². The molecule has 1 heterocycles. The Morgan fingerprint density at radius 3 is 2.63 bits per heavy atom. The van der Waals surface area contributed by atoms with Gasteiger partial charge in [-0.3, -0.25) is 0 Å². The molecule has 0 spiro atoms. The summed E-state index contributed by atoms with van der Waals surface area (Å²) >= 11 is 5.99. The highest BCUT2D eigenvalue weighted by Gasteiger charge is 2.26. The van der Waals surface area contributed by atoms with E-state index in [1.54, 1.807) is 0 Å². The SMILES string of the molecule is CC(C)(Cc1ccccc1CCl)OC1CCCCO1. The van der Waals surface area contributed by atoms with Gasteiger partial charge in [0.1, 0.15) is 0 Å². The van der Waals surface area contributed by atoms with E-state index < -0.39 is 0 Å². The minimum atomic E-state index is -0.232. The Morgan fingerprint density at radius 1 is 1.26 bits per heavy atom. The normalized spacial score (nSPS) is 20.5. The summed E-state index contributed by atoms with van der Waals surface area (Å²) < 4.78 is 11.8. The molecule has 0 radical (unpaired) electrons. The molecule has 3 heteroatoms. The van der Waals surface area contributed by atoms with Gasteiger partial charge in [0.15, 0.2) is 6.29 Å². The van der Waals surface area contributed by atoms with Gasteiger partial charge in [0.25, 0.3) is 0 Å². The minimum Gasteiger partial charge on any atom is -0.353 e. The predicted octanol–water partition coefficient (Wildman–Crippen LogP) is 4.29. The minimum absolute atomic E-state index is 0.0492. The van der Waals surface area contributed by atoms with Gasteiger partial charge in [-0.25, -0.2) is 0 Å². The fraction of sp³-hybridized carbons (Fsp3) is 0.625. The summed E-state index contributed by atoms with van der Waals surface area (Å²) in [5.41, 5.74) is 2.22. The van der Waals surface area contributed by atoms with E-state index in [-0.39, 0.29) is 11.9 Å². The fourth-order valence-electron chi connectivity index (χ4n) is 2.52. The molecule has 0 aliphatic carbocycles. The Kier molecular flexibility index (Phi) is 5.26. The molecule has 1 saturated heterocycles. The van der Waals surface area contributed by atoms with Crippen molar-refractivity contribution in [2.45, 2.75) is 57.3 Å². The summed E-state index contributed by atoms with van der Waals surface area (Å²) in [4.78, 5) is 0. The Labute approximate surface area is 121 Å². The third kappa shape index (κ3) is 4.48. The lowest BCUT2D eigenvalue weighted by Crippen LogP contribution is -2.36. The van der Waals surface area contributed by atoms with E-state index >= 15 is 0 Å². The number of ether oxygens (including phenoxy) is 2. The molecule has 1 fully saturated rings. The van der Waals surface area contributed by atoms with Crippen molar-refractivity contribution >= 4 is 11.6 Å². The first-order valence-electron chi connectivity index (χ1n) is 7.03. The Hall–Kier alpha value is -0.570. The quantitative estimate of drug-likeness (QED) is 0.750. The van der Waals surface area contributed by atoms with E-state index in [9.17, 15) is 0 Å². The summed E-state index contributed by atoms with van der Waals surface area (Å²) in [6.07, 6.45) is 4.15. The maximum Gasteiger partial charge on any atom is 0.158 e. The van der Waals surface area contributed by atoms with E-state index in [1.807, 2.05) is 6.07 Å². The van der Waals surface area contributed by atoms with Gasteiger partial charge < -0.3 is 9.47 Å². The van der Waals surface area contributed by atoms with Crippen LogP contribution in [0.3, 0.4) is 0 Å². The predicted molar refractivity (Wildman–Crippen MR) is 78.5 cm³/mol. The van der Waals surface area contributed by atoms with Gasteiger partial charge in [0, 0.05) is 18.9 Å². The zero-order valence-electron chi connectivity index (χ0n) is 11.8. The highest BCUT2D eigenvalue weighted by Crippen LogP contribution is 2.25. The maximum absolute atomic E-state index is 6.12. The summed E-state index contributed by atoms with van der Waals surface area (Å²) in [5.74, 6) is 0.548. The number of rotatable bonds is 5. The first kappa shape index (κ1) is 14.8. The van der Waals surface area contributed by atoms with Gasteiger partial charge in [0.2, 0.25) is 0 Å². The Morgan fingerprint density at radius 2 is 2.00 bits per heavy atom. The summed E-state index contributed by atoms with van der Waals surface area (Å²) in [5, 5.41) is 0. The van der Waals surface area contributed by atoms with Crippen LogP contribution in [-0.2, 0) is 21.8 Å². The van der Waals surface area contributed by atoms with Gasteiger partial charge >= 0.3 is 0 Å². The van der Waals surface area contributed by atoms with Crippen molar-refractivity contribution in [1.29, 1.82) is 0 Å². The van der Waals surface area contributed by atoms with Crippen molar-refractivity contribution in [3.05, 3.63) is 35.4 Å². The molecule has 0 saturated carbocycles. The average Bonchev–Trinajstić information content (AvgIpc) is 2.39. The van der Waals surface area contributed by atoms with Crippen LogP contribution in [0.1, 0.15) is 44.2 Å². The molecule has 0 N–H and O–H groups in total. The van der Waals surface area contributed by atoms with Crippen LogP contribution < -0.4 is 0 Å². The van der Waals surface area contributed by atoms with Crippen molar-refractivity contribution in [2.24, 2.45) is 0 Å². The number of alkyl halides is 1. The molecule has 2 rings (SSSR count). The second-order valence-electron chi connectivity index (χ2n) is 5.75. The molecule has 1 atom stereocenters. The second-order valence-corrected chi connectivity index (χ2v) is 6.02. The van der Waals surface area contributed by atoms with Gasteiger partial charge in [-0.2, -0.15) is 0 Å². The summed E-state index contributed by atoms with van der Waals surface area (Å²) in [6, 6.07) is 8.29. The fourth-order valence-corrected chi connectivity index (χ4v) is 2.78. The second kappa shape index (κ2) is 6.74. The summed E-state index contributed by atoms with van der Waals surface area (Å²) in [6.45, 7) is 5.06. The number of benzene rings is 1. The lowest BCUT2D eigenvalue weighted by molar-refractivity contribution is -0.214. The molecule has 1 unspecified atom stereocenters. The molecule has 1 aromatic rings. The molecule has 19 heavy (non-hydrogen) atoms. The molecule has 1 aromatic carbocycles. The third-order valence-electron chi connectivity index (χ3n) is 3.47. The summed E-state index contributed by atoms with van der Waals surface area (Å²) in [7, 11) is 0. The molecule has 1 aliphatic rings. The topological polar surface area (TPSA) is 18.5 Å². The van der Waals surface area contributed by atoms with Crippen molar-refractivity contribution in [1.82, 2.24) is 0 Å². The third-order valence-corrected chi connectivity index (χ3v) is 3.75. The highest BCUT2D eigenvalue weighted by atomic mass is 35.5. The van der Waals surface area contributed by atoms with Crippen molar-refractivity contribution in [3.63, 3.8) is 0 Å². The zero-order chi connectivity index (χ0) is 13.7. The van der Waals surface area contributed by atoms with Crippen LogP contribution in [0.4, 0.5) is 0 Å². The first-order valence-corrected chi connectivity index (χ1v) is 7.56. The van der Waals surface area contributed by atoms with Crippen LogP contribution in [0.5, 0.6) is 0 Å². The largest absolute Gasteiger partial charge is 0.353 e. The highest BCUT2D eigenvalue weighted by molar-refractivity contribution is 6.17. The maximum atomic E-state index is 6.12. The van der Waals surface area contributed by atoms with Crippen LogP contribution in [0.15, 0.2) is 24.3 Å². The van der Waals surface area contributed by atoms with Crippen LogP contribution in [0.2, 0.25) is 0 Å². The smallest absolute Gasteiger partial charge is 0.158 e. The van der Waals surface area contributed by atoms with E-state index in [2.05, 4.69) is 32.0 Å². The van der Waals surface area contributed by atoms with Crippen molar-refractivity contribution in [3.8, 4) is 0 Å². The van der Waals surface area contributed by atoms with Gasteiger partial charge in [-0.15, -0.1) is 11.6 Å². The van der Waals surface area contributed by atoms with E-state index in [4.69, 9.17) is 21.1 Å². The monoisotopic (exact) mass is 282 g/mol. The van der Waals surface area contributed by atoms with Crippen molar-refractivity contribution in [2.75, 3.05) is 6.61 Å². The molecule has 106 valence electrons. The molecular formula is C16H23ClO2. The zero-order valence-corrected chi connectivity index (χ0v) is 12.6. The lowest BCUT2D eigenvalue weighted by atomic mass is 9.95. The first-order chi connectivity index (χ1) is 9.11. The Balaban J connectivity index is 1.99. The van der Waals surface area contributed by atoms with Crippen molar-refractivity contribution < 1.29 is 9.47 Å². The molecule has 0 aromatic heterocycles. The molecule has 0 amide bonds. The molecule has 0 bridgehead atoms. The Bertz CT molecular complexity index is 397. The van der Waals surface area contributed by atoms with E-state index in [0.717, 1.165) is 25.9 Å². The average molecular weight is 283 g/mol. The van der Waals surface area contributed by atoms with Crippen LogP contribution in [-0.4, -0.2) is 18.5 Å². The molecule has 2 nitrogen and oxygen atoms in total. The van der Waals surface area contributed by atoms with Crippen LogP contribution in [0, 0.1) is 0 Å². The molecular weight excluding hydrogens is 260 g/mol. The van der Waals surface area contributed by atoms with Gasteiger partial charge in [0.05, 0.1) is 5.60 Å². The standard InChI is InChI=1S/C16H23ClO2/c1-16(2,19-15-9-5-6-10-18-15)11-13-7-3-4-8-14(13)12-17/h3-4,7-8,15H,5-6,9-12H2,1-2H3. The number of hydrogen-bond donors (Lipinski definition) is 0. The van der Waals surface area contributed by atoms with Gasteiger partial charge in [-0.05, 0) is 44.2 Å². The number of halogens is 1. The lowest BCUT2D eigenvalue weighted by Gasteiger charge is -2.33. The van der Waals surface area contributed by atoms with Gasteiger partial charge in [-0.1, -0.05) is 24.3 Å². The number of hydrogen-bond acceptors (Lipinski definition) is 2. The van der Waals surface area contributed by atoms with Crippen LogP contribution >= 0.6 is 11.6 Å². The van der Waals surface area contributed by atoms with E-state index in [0.29, 0.717) is 5.88 Å². The van der Waals surface area contributed by atoms with Crippen LogP contribution in [0.25, 0.3) is 0 Å². The molecule has 1 aliphatic heterocycles.